The monoisotopic (exact) mass is 1090 g/mol. The number of halogens is 6. The van der Waals surface area contributed by atoms with Crippen molar-refractivity contribution in [2.45, 2.75) is 139 Å². The Morgan fingerprint density at radius 1 is 0.608 bits per heavy atom. The molecule has 4 aliphatic heterocycles. The fourth-order valence-corrected chi connectivity index (χ4v) is 11.9. The van der Waals surface area contributed by atoms with Gasteiger partial charge in [-0.15, -0.1) is 23.5 Å². The Morgan fingerprint density at radius 2 is 0.905 bits per heavy atom. The summed E-state index contributed by atoms with van der Waals surface area (Å²) in [4.78, 5) is 102. The fraction of sp³-hybridized carbons (Fsp3) is 0.583. The highest BCUT2D eigenvalue weighted by atomic mass is 32.2. The average molecular weight is 1090 g/mol. The van der Waals surface area contributed by atoms with Gasteiger partial charge in [0.2, 0.25) is 35.4 Å². The van der Waals surface area contributed by atoms with Crippen LogP contribution in [-0.4, -0.2) is 152 Å². The molecule has 8 N–H and O–H groups in total. The predicted octanol–water partition coefficient (Wildman–Crippen LogP) is 4.98. The third-order valence-corrected chi connectivity index (χ3v) is 15.5. The largest absolute Gasteiger partial charge is 0.490 e. The summed E-state index contributed by atoms with van der Waals surface area (Å²) in [6.07, 6.45) is -6.27. The van der Waals surface area contributed by atoms with Gasteiger partial charge in [0.25, 0.3) is 0 Å². The van der Waals surface area contributed by atoms with Crippen LogP contribution in [0.5, 0.6) is 0 Å². The number of hydrogen-bond donors (Lipinski definition) is 8. The molecule has 0 saturated carbocycles. The van der Waals surface area contributed by atoms with E-state index in [1.165, 1.54) is 0 Å². The van der Waals surface area contributed by atoms with Gasteiger partial charge in [0.15, 0.2) is 0 Å². The number of nitrogens with zero attached hydrogens (tertiary/aromatic N) is 2. The number of hydrogen-bond acceptors (Lipinski definition) is 12. The highest BCUT2D eigenvalue weighted by Gasteiger charge is 2.56. The molecule has 0 radical (unpaired) electrons. The Morgan fingerprint density at radius 3 is 1.18 bits per heavy atom. The summed E-state index contributed by atoms with van der Waals surface area (Å²) in [5.74, 6) is -5.50. The zero-order valence-corrected chi connectivity index (χ0v) is 43.7. The highest BCUT2D eigenvalue weighted by molar-refractivity contribution is 8.00. The summed E-state index contributed by atoms with van der Waals surface area (Å²) < 4.78 is 63.5. The molecule has 4 aliphatic rings. The maximum absolute atomic E-state index is 13.9. The number of likely N-dealkylation sites (N-methyl/N-ethyl adjacent to an activating group) is 2. The Bertz CT molecular complexity index is 2200. The van der Waals surface area contributed by atoms with E-state index in [4.69, 9.17) is 19.8 Å². The van der Waals surface area contributed by atoms with E-state index in [-0.39, 0.29) is 46.2 Å². The van der Waals surface area contributed by atoms with Crippen molar-refractivity contribution >= 4 is 82.3 Å². The van der Waals surface area contributed by atoms with Crippen molar-refractivity contribution in [2.75, 3.05) is 36.2 Å². The number of amides is 6. The van der Waals surface area contributed by atoms with Crippen LogP contribution in [0.3, 0.4) is 0 Å². The van der Waals surface area contributed by atoms with Gasteiger partial charge in [0, 0.05) is 11.4 Å². The summed E-state index contributed by atoms with van der Waals surface area (Å²) in [5.41, 5.74) is 2.55. The average Bonchev–Trinajstić information content (AvgIpc) is 3.64. The van der Waals surface area contributed by atoms with Gasteiger partial charge in [0.1, 0.15) is 24.2 Å². The van der Waals surface area contributed by atoms with Crippen LogP contribution in [0.1, 0.15) is 78.4 Å². The van der Waals surface area contributed by atoms with Crippen molar-refractivity contribution in [3.8, 4) is 0 Å². The molecule has 4 heterocycles. The van der Waals surface area contributed by atoms with E-state index in [1.807, 2.05) is 76.2 Å². The van der Waals surface area contributed by atoms with Crippen LogP contribution in [-0.2, 0) is 51.2 Å². The van der Waals surface area contributed by atoms with Crippen LogP contribution in [0.25, 0.3) is 0 Å². The van der Waals surface area contributed by atoms with Crippen LogP contribution in [0.15, 0.2) is 48.5 Å². The molecular weight excluding hydrogens is 1030 g/mol. The normalized spacial score (nSPS) is 23.9. The molecule has 74 heavy (non-hydrogen) atoms. The third-order valence-electron chi connectivity index (χ3n) is 13.0. The van der Waals surface area contributed by atoms with Crippen molar-refractivity contribution in [1.82, 2.24) is 31.1 Å². The minimum atomic E-state index is -5.08. The molecule has 18 nitrogen and oxygen atoms in total. The molecule has 0 aliphatic carbocycles. The van der Waals surface area contributed by atoms with Crippen LogP contribution in [0, 0.1) is 10.8 Å². The molecule has 2 aromatic carbocycles. The maximum Gasteiger partial charge on any atom is 0.490 e. The van der Waals surface area contributed by atoms with E-state index in [0.717, 1.165) is 24.0 Å². The van der Waals surface area contributed by atoms with Crippen molar-refractivity contribution in [3.05, 3.63) is 59.7 Å². The lowest BCUT2D eigenvalue weighted by molar-refractivity contribution is -0.193. The van der Waals surface area contributed by atoms with Crippen LogP contribution < -0.4 is 31.9 Å². The first-order chi connectivity index (χ1) is 34.3. The van der Waals surface area contributed by atoms with E-state index in [2.05, 4.69) is 31.9 Å². The zero-order chi connectivity index (χ0) is 55.7. The van der Waals surface area contributed by atoms with Gasteiger partial charge >= 0.3 is 24.3 Å². The van der Waals surface area contributed by atoms with Gasteiger partial charge in [0.05, 0.1) is 22.8 Å². The Hall–Kier alpha value is -5.60. The number of carboxylic acids is 2. The smallest absolute Gasteiger partial charge is 0.475 e. The molecule has 4 fully saturated rings. The Labute approximate surface area is 433 Å². The molecule has 0 bridgehead atoms. The molecule has 410 valence electrons. The summed E-state index contributed by atoms with van der Waals surface area (Å²) in [6, 6.07) is 11.9. The van der Waals surface area contributed by atoms with Gasteiger partial charge < -0.3 is 51.9 Å². The third kappa shape index (κ3) is 16.0. The summed E-state index contributed by atoms with van der Waals surface area (Å²) >= 11 is 3.34. The lowest BCUT2D eigenvalue weighted by Gasteiger charge is -2.34. The molecule has 26 heteroatoms. The Balaban J connectivity index is 0.000000743. The number of benzene rings is 2. The van der Waals surface area contributed by atoms with Gasteiger partial charge in [-0.1, -0.05) is 52.0 Å². The number of carboxylic acid groups (broad SMARTS) is 2. The summed E-state index contributed by atoms with van der Waals surface area (Å²) in [5, 5.41) is 31.7. The number of rotatable bonds is 13. The lowest BCUT2D eigenvalue weighted by atomic mass is 9.84. The number of alkyl halides is 6. The molecule has 2 aromatic rings. The lowest BCUT2D eigenvalue weighted by Crippen LogP contribution is -2.57. The van der Waals surface area contributed by atoms with Crippen molar-refractivity contribution < 1.29 is 74.9 Å². The standard InChI is InChI=1S/C44H62N8O6S2.2C2HF3O2/c1-25(45-7)37(53)49-31-19-21-59-33-23-43(3,4)35(51(33)41(31)57)39(55)47-29-15-11-27(12-16-29)9-10-28-13-17-30(18-14-28)48-40(56)36-44(5,6)24-34-52(36)42(58)32(20-22-60-34)50-38(54)26(2)46-8;2*3-2(4,5)1(6)7/h11-18,25-26,31-36,45-46H,9-10,19-24H2,1-8H3,(H,47,55)(H,48,56)(H,49,53)(H,50,54);2*(H,6,7)/t25?,26?,31-,32-,33-,34-,35+,36+;;/m0../s1. The minimum Gasteiger partial charge on any atom is -0.475 e. The quantitative estimate of drug-likeness (QED) is 0.123. The van der Waals surface area contributed by atoms with E-state index < -0.39 is 71.4 Å². The summed E-state index contributed by atoms with van der Waals surface area (Å²) in [6.45, 7) is 11.6. The molecule has 0 aromatic heterocycles. The first kappa shape index (κ1) is 61.0. The Kier molecular flexibility index (Phi) is 20.8. The molecule has 8 atom stereocenters. The van der Waals surface area contributed by atoms with E-state index in [9.17, 15) is 55.1 Å². The molecular formula is C48H64F6N8O10S2. The molecule has 6 rings (SSSR count). The zero-order valence-electron chi connectivity index (χ0n) is 42.0. The maximum atomic E-state index is 13.9. The number of aliphatic carboxylic acids is 2. The number of anilines is 2. The molecule has 2 unspecified atom stereocenters. The fourth-order valence-electron chi connectivity index (χ4n) is 8.78. The number of carbonyl (C=O) groups excluding carboxylic acids is 6. The van der Waals surface area contributed by atoms with E-state index in [0.29, 0.717) is 48.6 Å². The number of aryl methyl sites for hydroxylation is 2. The number of carbonyl (C=O) groups is 8. The second-order valence-electron chi connectivity index (χ2n) is 19.5. The SMILES string of the molecule is CNC(C)C(=O)N[C@H]1CCS[C@H]2CC(C)(C)[C@@H](C(=O)Nc3ccc(CCc4ccc(NC(=O)[C@H]5N6C(=O)[C@@H](NC(=O)C(C)NC)CCS[C@H]6CC5(C)C)cc4)cc3)N2C1=O.O=C(O)C(F)(F)F.O=C(O)C(F)(F)F. The van der Waals surface area contributed by atoms with Crippen LogP contribution >= 0.6 is 23.5 Å². The van der Waals surface area contributed by atoms with Crippen molar-refractivity contribution in [2.24, 2.45) is 10.8 Å². The predicted molar refractivity (Wildman–Crippen MR) is 266 cm³/mol. The first-order valence-electron chi connectivity index (χ1n) is 23.6. The highest BCUT2D eigenvalue weighted by Crippen LogP contribution is 2.48. The van der Waals surface area contributed by atoms with Crippen LogP contribution in [0.2, 0.25) is 0 Å². The summed E-state index contributed by atoms with van der Waals surface area (Å²) in [7, 11) is 3.40. The molecule has 6 amide bonds. The number of fused-ring (bicyclic) bond motifs is 2. The van der Waals surface area contributed by atoms with E-state index >= 15 is 0 Å². The molecule has 4 saturated heterocycles. The van der Waals surface area contributed by atoms with Crippen molar-refractivity contribution in [3.63, 3.8) is 0 Å². The number of thioether (sulfide) groups is 2. The van der Waals surface area contributed by atoms with E-state index in [1.54, 1.807) is 61.3 Å². The second-order valence-corrected chi connectivity index (χ2v) is 22.1. The van der Waals surface area contributed by atoms with Gasteiger partial charge in [-0.3, -0.25) is 28.8 Å². The van der Waals surface area contributed by atoms with Gasteiger partial charge in [-0.05, 0) is 124 Å². The topological polar surface area (TPSA) is 256 Å². The molecule has 0 spiro atoms. The van der Waals surface area contributed by atoms with Crippen LogP contribution in [0.4, 0.5) is 37.7 Å². The minimum absolute atomic E-state index is 0.141. The number of nitrogens with one attached hydrogen (secondary N) is 6. The first-order valence-corrected chi connectivity index (χ1v) is 25.6. The second kappa shape index (κ2) is 25.3. The van der Waals surface area contributed by atoms with Crippen molar-refractivity contribution in [1.29, 1.82) is 0 Å². The van der Waals surface area contributed by atoms with Gasteiger partial charge in [-0.25, -0.2) is 9.59 Å². The van der Waals surface area contributed by atoms with Gasteiger partial charge in [-0.2, -0.15) is 26.3 Å².